The Morgan fingerprint density at radius 1 is 1.04 bits per heavy atom. The summed E-state index contributed by atoms with van der Waals surface area (Å²) in [5.41, 5.74) is 0.314. The number of ketones is 1. The highest BCUT2D eigenvalue weighted by atomic mass is 32.1. The zero-order chi connectivity index (χ0) is 17.8. The quantitative estimate of drug-likeness (QED) is 0.483. The Bertz CT molecular complexity index is 926. The molecule has 4 nitrogen and oxygen atoms in total. The van der Waals surface area contributed by atoms with Crippen molar-refractivity contribution in [1.29, 1.82) is 0 Å². The summed E-state index contributed by atoms with van der Waals surface area (Å²) in [6, 6.07) is 14.9. The highest BCUT2D eigenvalue weighted by Gasteiger charge is 2.18. The number of aryl methyl sites for hydroxylation is 1. The number of ether oxygens (including phenoxy) is 2. The predicted octanol–water partition coefficient (Wildman–Crippen LogP) is 4.51. The van der Waals surface area contributed by atoms with Crippen LogP contribution in [0.3, 0.4) is 0 Å². The Kier molecular flexibility index (Phi) is 5.14. The molecule has 1 aromatic heterocycles. The highest BCUT2D eigenvalue weighted by molar-refractivity contribution is 7.14. The van der Waals surface area contributed by atoms with Crippen molar-refractivity contribution in [2.45, 2.75) is 13.3 Å². The van der Waals surface area contributed by atoms with Crippen LogP contribution in [0.2, 0.25) is 0 Å². The maximum atomic E-state index is 12.4. The second-order valence-electron chi connectivity index (χ2n) is 5.52. The van der Waals surface area contributed by atoms with Crippen molar-refractivity contribution < 1.29 is 19.1 Å². The number of esters is 1. The van der Waals surface area contributed by atoms with Crippen LogP contribution < -0.4 is 4.74 Å². The van der Waals surface area contributed by atoms with Gasteiger partial charge in [-0.3, -0.25) is 4.79 Å². The Morgan fingerprint density at radius 2 is 1.76 bits per heavy atom. The number of carbonyl (C=O) groups excluding carboxylic acids is 2. The first-order valence-electron chi connectivity index (χ1n) is 7.98. The molecule has 3 rings (SSSR count). The van der Waals surface area contributed by atoms with Crippen LogP contribution in [0.5, 0.6) is 5.75 Å². The molecule has 0 aliphatic heterocycles. The molecule has 0 saturated carbocycles. The van der Waals surface area contributed by atoms with E-state index in [4.69, 9.17) is 9.47 Å². The molecular formula is C20H18O4S. The van der Waals surface area contributed by atoms with E-state index in [1.54, 1.807) is 18.2 Å². The lowest BCUT2D eigenvalue weighted by Crippen LogP contribution is -2.14. The van der Waals surface area contributed by atoms with E-state index in [9.17, 15) is 9.59 Å². The molecular weight excluding hydrogens is 336 g/mol. The molecule has 1 heterocycles. The summed E-state index contributed by atoms with van der Waals surface area (Å²) in [6.45, 7) is 1.75. The van der Waals surface area contributed by atoms with Crippen LogP contribution in [-0.2, 0) is 11.2 Å². The fraction of sp³-hybridized carbons (Fsp3) is 0.200. The van der Waals surface area contributed by atoms with Gasteiger partial charge in [-0.15, -0.1) is 11.3 Å². The van der Waals surface area contributed by atoms with Gasteiger partial charge in [0.2, 0.25) is 5.78 Å². The fourth-order valence-corrected chi connectivity index (χ4v) is 3.42. The van der Waals surface area contributed by atoms with Crippen LogP contribution in [0, 0.1) is 0 Å². The molecule has 5 heteroatoms. The van der Waals surface area contributed by atoms with E-state index >= 15 is 0 Å². The van der Waals surface area contributed by atoms with E-state index in [-0.39, 0.29) is 12.4 Å². The summed E-state index contributed by atoms with van der Waals surface area (Å²) in [6.07, 6.45) is 0.881. The number of hydrogen-bond acceptors (Lipinski definition) is 5. The molecule has 2 aromatic carbocycles. The predicted molar refractivity (Wildman–Crippen MR) is 98.8 cm³/mol. The lowest BCUT2D eigenvalue weighted by atomic mass is 10.1. The molecule has 0 aliphatic carbocycles. The van der Waals surface area contributed by atoms with Crippen LogP contribution in [-0.4, -0.2) is 25.5 Å². The molecule has 0 atom stereocenters. The van der Waals surface area contributed by atoms with Gasteiger partial charge in [-0.2, -0.15) is 0 Å². The molecule has 0 N–H and O–H groups in total. The molecule has 3 aromatic rings. The Labute approximate surface area is 150 Å². The molecule has 128 valence electrons. The lowest BCUT2D eigenvalue weighted by Gasteiger charge is -2.10. The molecule has 0 unspecified atom stereocenters. The number of benzene rings is 2. The molecule has 0 radical (unpaired) electrons. The monoisotopic (exact) mass is 354 g/mol. The van der Waals surface area contributed by atoms with Gasteiger partial charge in [0, 0.05) is 4.88 Å². The number of thiophene rings is 1. The van der Waals surface area contributed by atoms with Crippen molar-refractivity contribution in [3.05, 3.63) is 63.8 Å². The molecule has 0 bridgehead atoms. The number of carbonyl (C=O) groups is 2. The summed E-state index contributed by atoms with van der Waals surface area (Å²) in [4.78, 5) is 26.3. The molecule has 25 heavy (non-hydrogen) atoms. The van der Waals surface area contributed by atoms with Crippen molar-refractivity contribution in [3.8, 4) is 5.75 Å². The van der Waals surface area contributed by atoms with Gasteiger partial charge in [-0.1, -0.05) is 31.2 Å². The van der Waals surface area contributed by atoms with Crippen LogP contribution >= 0.6 is 11.3 Å². The summed E-state index contributed by atoms with van der Waals surface area (Å²) < 4.78 is 10.5. The SMILES string of the molecule is CCc1ccc(C(=O)COC(=O)c2cc3ccccc3cc2OC)s1. The average Bonchev–Trinajstić information content (AvgIpc) is 3.14. The van der Waals surface area contributed by atoms with Gasteiger partial charge in [-0.25, -0.2) is 4.79 Å². The van der Waals surface area contributed by atoms with E-state index in [1.807, 2.05) is 37.3 Å². The highest BCUT2D eigenvalue weighted by Crippen LogP contribution is 2.26. The van der Waals surface area contributed by atoms with E-state index in [0.29, 0.717) is 16.2 Å². The lowest BCUT2D eigenvalue weighted by molar-refractivity contribution is 0.0473. The van der Waals surface area contributed by atoms with Gasteiger partial charge in [0.1, 0.15) is 11.3 Å². The minimum absolute atomic E-state index is 0.196. The number of Topliss-reactive ketones (excluding diaryl/α,β-unsaturated/α-hetero) is 1. The van der Waals surface area contributed by atoms with Crippen LogP contribution in [0.25, 0.3) is 10.8 Å². The molecule has 0 spiro atoms. The van der Waals surface area contributed by atoms with E-state index in [0.717, 1.165) is 22.1 Å². The minimum Gasteiger partial charge on any atom is -0.496 e. The van der Waals surface area contributed by atoms with Gasteiger partial charge >= 0.3 is 5.97 Å². The third-order valence-electron chi connectivity index (χ3n) is 3.91. The Balaban J connectivity index is 1.76. The Hall–Kier alpha value is -2.66. The first-order chi connectivity index (χ1) is 12.1. The molecule has 0 fully saturated rings. The van der Waals surface area contributed by atoms with Gasteiger partial charge in [0.05, 0.1) is 12.0 Å². The van der Waals surface area contributed by atoms with Crippen molar-refractivity contribution >= 4 is 33.9 Å². The van der Waals surface area contributed by atoms with Crippen LogP contribution in [0.4, 0.5) is 0 Å². The van der Waals surface area contributed by atoms with Gasteiger partial charge in [0.15, 0.2) is 6.61 Å². The third kappa shape index (κ3) is 3.72. The van der Waals surface area contributed by atoms with E-state index in [2.05, 4.69) is 0 Å². The second kappa shape index (κ2) is 7.49. The summed E-state index contributed by atoms with van der Waals surface area (Å²) in [5, 5.41) is 1.88. The summed E-state index contributed by atoms with van der Waals surface area (Å²) >= 11 is 1.43. The Morgan fingerprint density at radius 3 is 2.40 bits per heavy atom. The van der Waals surface area contributed by atoms with Crippen molar-refractivity contribution in [1.82, 2.24) is 0 Å². The number of fused-ring (bicyclic) bond motifs is 1. The van der Waals surface area contributed by atoms with Crippen molar-refractivity contribution in [2.24, 2.45) is 0 Å². The van der Waals surface area contributed by atoms with E-state index < -0.39 is 5.97 Å². The smallest absolute Gasteiger partial charge is 0.342 e. The van der Waals surface area contributed by atoms with Gasteiger partial charge < -0.3 is 9.47 Å². The number of hydrogen-bond donors (Lipinski definition) is 0. The zero-order valence-corrected chi connectivity index (χ0v) is 14.9. The van der Waals surface area contributed by atoms with Gasteiger partial charge in [-0.05, 0) is 41.5 Å². The largest absolute Gasteiger partial charge is 0.496 e. The van der Waals surface area contributed by atoms with Crippen LogP contribution in [0.15, 0.2) is 48.5 Å². The summed E-state index contributed by atoms with van der Waals surface area (Å²) in [7, 11) is 1.50. The maximum Gasteiger partial charge on any atom is 0.342 e. The topological polar surface area (TPSA) is 52.6 Å². The molecule has 0 saturated heterocycles. The van der Waals surface area contributed by atoms with E-state index in [1.165, 1.54) is 18.4 Å². The first kappa shape index (κ1) is 17.2. The van der Waals surface area contributed by atoms with Crippen molar-refractivity contribution in [2.75, 3.05) is 13.7 Å². The minimum atomic E-state index is -0.566. The van der Waals surface area contributed by atoms with Crippen molar-refractivity contribution in [3.63, 3.8) is 0 Å². The second-order valence-corrected chi connectivity index (χ2v) is 6.69. The normalized spacial score (nSPS) is 10.6. The molecule has 0 aliphatic rings. The average molecular weight is 354 g/mol. The summed E-state index contributed by atoms with van der Waals surface area (Å²) in [5.74, 6) is -0.332. The standard InChI is InChI=1S/C20H18O4S/c1-3-15-8-9-19(25-15)17(21)12-24-20(22)16-10-13-6-4-5-7-14(13)11-18(16)23-2/h4-11H,3,12H2,1-2H3. The fourth-order valence-electron chi connectivity index (χ4n) is 2.55. The maximum absolute atomic E-state index is 12.4. The van der Waals surface area contributed by atoms with Crippen LogP contribution in [0.1, 0.15) is 31.8 Å². The number of rotatable bonds is 6. The number of methoxy groups -OCH3 is 1. The third-order valence-corrected chi connectivity index (χ3v) is 5.18. The van der Waals surface area contributed by atoms with Gasteiger partial charge in [0.25, 0.3) is 0 Å². The molecule has 0 amide bonds. The first-order valence-corrected chi connectivity index (χ1v) is 8.80. The zero-order valence-electron chi connectivity index (χ0n) is 14.1.